The predicted molar refractivity (Wildman–Crippen MR) is 86.3 cm³/mol. The molecule has 1 aliphatic heterocycles. The molecule has 1 atom stereocenters. The molecule has 4 heteroatoms. The van der Waals surface area contributed by atoms with Gasteiger partial charge in [0.05, 0.1) is 0 Å². The highest BCUT2D eigenvalue weighted by atomic mass is 15.3. The average molecular weight is 282 g/mol. The highest BCUT2D eigenvalue weighted by Crippen LogP contribution is 2.22. The molecule has 2 heterocycles. The van der Waals surface area contributed by atoms with E-state index in [1.165, 1.54) is 5.56 Å². The molecule has 4 nitrogen and oxygen atoms in total. The summed E-state index contributed by atoms with van der Waals surface area (Å²) in [6, 6.07) is 17.0. The summed E-state index contributed by atoms with van der Waals surface area (Å²) >= 11 is 0. The van der Waals surface area contributed by atoms with Crippen molar-refractivity contribution in [1.29, 1.82) is 0 Å². The molecule has 1 unspecified atom stereocenters. The molecule has 1 fully saturated rings. The van der Waals surface area contributed by atoms with Crippen molar-refractivity contribution in [3.63, 3.8) is 0 Å². The monoisotopic (exact) mass is 282 g/mol. The Hall–Kier alpha value is -1.91. The molecule has 0 saturated carbocycles. The Morgan fingerprint density at radius 1 is 0.952 bits per heavy atom. The van der Waals surface area contributed by atoms with E-state index < -0.39 is 0 Å². The Labute approximate surface area is 126 Å². The maximum Gasteiger partial charge on any atom is 0.128 e. The molecule has 1 aliphatic rings. The Morgan fingerprint density at radius 3 is 2.29 bits per heavy atom. The molecule has 0 amide bonds. The zero-order valence-electron chi connectivity index (χ0n) is 12.2. The normalized spacial score (nSPS) is 17.7. The minimum Gasteiger partial charge on any atom is -0.354 e. The fourth-order valence-corrected chi connectivity index (χ4v) is 2.97. The maximum absolute atomic E-state index is 6.01. The standard InChI is InChI=1S/C17H22N4/c18-14-16(15-6-2-1-3-7-15)20-10-12-21(13-11-20)17-8-4-5-9-19-17/h1-9,16H,10-14,18H2. The van der Waals surface area contributed by atoms with Gasteiger partial charge in [-0.2, -0.15) is 0 Å². The lowest BCUT2D eigenvalue weighted by atomic mass is 10.0. The Morgan fingerprint density at radius 2 is 1.67 bits per heavy atom. The van der Waals surface area contributed by atoms with Crippen molar-refractivity contribution in [2.45, 2.75) is 6.04 Å². The molecule has 1 aromatic carbocycles. The van der Waals surface area contributed by atoms with Crippen LogP contribution in [-0.4, -0.2) is 42.6 Å². The summed E-state index contributed by atoms with van der Waals surface area (Å²) in [7, 11) is 0. The molecule has 2 aromatic rings. The van der Waals surface area contributed by atoms with Gasteiger partial charge in [-0.15, -0.1) is 0 Å². The third kappa shape index (κ3) is 3.23. The quantitative estimate of drug-likeness (QED) is 0.930. The lowest BCUT2D eigenvalue weighted by molar-refractivity contribution is 0.190. The molecular formula is C17H22N4. The van der Waals surface area contributed by atoms with Crippen LogP contribution in [-0.2, 0) is 0 Å². The second-order valence-electron chi connectivity index (χ2n) is 5.37. The first-order valence-corrected chi connectivity index (χ1v) is 7.53. The van der Waals surface area contributed by atoms with Gasteiger partial charge in [-0.05, 0) is 17.7 Å². The van der Waals surface area contributed by atoms with E-state index in [1.807, 2.05) is 18.3 Å². The van der Waals surface area contributed by atoms with Crippen LogP contribution in [0.25, 0.3) is 0 Å². The van der Waals surface area contributed by atoms with Gasteiger partial charge < -0.3 is 10.6 Å². The van der Waals surface area contributed by atoms with Crippen molar-refractivity contribution < 1.29 is 0 Å². The molecule has 3 rings (SSSR count). The van der Waals surface area contributed by atoms with Crippen LogP contribution >= 0.6 is 0 Å². The minimum atomic E-state index is 0.317. The third-order valence-electron chi connectivity index (χ3n) is 4.14. The van der Waals surface area contributed by atoms with E-state index in [0.717, 1.165) is 32.0 Å². The summed E-state index contributed by atoms with van der Waals surface area (Å²) in [5.41, 5.74) is 7.33. The minimum absolute atomic E-state index is 0.317. The maximum atomic E-state index is 6.01. The second-order valence-corrected chi connectivity index (χ2v) is 5.37. The van der Waals surface area contributed by atoms with Gasteiger partial charge >= 0.3 is 0 Å². The first-order valence-electron chi connectivity index (χ1n) is 7.53. The number of benzene rings is 1. The number of piperazine rings is 1. The van der Waals surface area contributed by atoms with E-state index in [0.29, 0.717) is 12.6 Å². The molecule has 21 heavy (non-hydrogen) atoms. The van der Waals surface area contributed by atoms with Crippen LogP contribution in [0, 0.1) is 0 Å². The topological polar surface area (TPSA) is 45.4 Å². The molecule has 0 spiro atoms. The van der Waals surface area contributed by atoms with Crippen LogP contribution in [0.5, 0.6) is 0 Å². The van der Waals surface area contributed by atoms with E-state index in [9.17, 15) is 0 Å². The number of nitrogens with zero attached hydrogens (tertiary/aromatic N) is 3. The molecule has 0 radical (unpaired) electrons. The largest absolute Gasteiger partial charge is 0.354 e. The molecule has 0 bridgehead atoms. The third-order valence-corrected chi connectivity index (χ3v) is 4.14. The van der Waals surface area contributed by atoms with E-state index in [2.05, 4.69) is 51.2 Å². The van der Waals surface area contributed by atoms with Gasteiger partial charge in [-0.1, -0.05) is 36.4 Å². The lowest BCUT2D eigenvalue weighted by Gasteiger charge is -2.39. The second kappa shape index (κ2) is 6.70. The first kappa shape index (κ1) is 14.0. The van der Waals surface area contributed by atoms with Crippen LogP contribution in [0.1, 0.15) is 11.6 Å². The van der Waals surface area contributed by atoms with Crippen LogP contribution < -0.4 is 10.6 Å². The number of aromatic nitrogens is 1. The lowest BCUT2D eigenvalue weighted by Crippen LogP contribution is -2.49. The highest BCUT2D eigenvalue weighted by molar-refractivity contribution is 5.38. The zero-order chi connectivity index (χ0) is 14.5. The molecule has 2 N–H and O–H groups in total. The van der Waals surface area contributed by atoms with E-state index in [4.69, 9.17) is 5.73 Å². The molecule has 1 aromatic heterocycles. The van der Waals surface area contributed by atoms with Crippen molar-refractivity contribution in [3.05, 3.63) is 60.3 Å². The summed E-state index contributed by atoms with van der Waals surface area (Å²) in [4.78, 5) is 9.26. The predicted octanol–water partition coefficient (Wildman–Crippen LogP) is 1.90. The van der Waals surface area contributed by atoms with Gasteiger partial charge in [0.2, 0.25) is 0 Å². The number of anilines is 1. The zero-order valence-corrected chi connectivity index (χ0v) is 12.2. The van der Waals surface area contributed by atoms with Gasteiger partial charge in [0.15, 0.2) is 0 Å². The van der Waals surface area contributed by atoms with E-state index in [1.54, 1.807) is 0 Å². The first-order chi connectivity index (χ1) is 10.4. The summed E-state index contributed by atoms with van der Waals surface area (Å²) in [6.07, 6.45) is 1.86. The summed E-state index contributed by atoms with van der Waals surface area (Å²) in [5, 5.41) is 0. The van der Waals surface area contributed by atoms with Crippen LogP contribution in [0.3, 0.4) is 0 Å². The Bertz CT molecular complexity index is 535. The van der Waals surface area contributed by atoms with Gasteiger partial charge in [-0.25, -0.2) is 4.98 Å². The van der Waals surface area contributed by atoms with Crippen molar-refractivity contribution in [3.8, 4) is 0 Å². The number of hydrogen-bond acceptors (Lipinski definition) is 4. The number of pyridine rings is 1. The van der Waals surface area contributed by atoms with Crippen LogP contribution in [0.4, 0.5) is 5.82 Å². The highest BCUT2D eigenvalue weighted by Gasteiger charge is 2.24. The van der Waals surface area contributed by atoms with Gasteiger partial charge in [0, 0.05) is 45.0 Å². The Kier molecular flexibility index (Phi) is 4.48. The van der Waals surface area contributed by atoms with Gasteiger partial charge in [-0.3, -0.25) is 4.90 Å². The SMILES string of the molecule is NCC(c1ccccc1)N1CCN(c2ccccn2)CC1. The van der Waals surface area contributed by atoms with Crippen LogP contribution in [0.15, 0.2) is 54.7 Å². The molecule has 1 saturated heterocycles. The van der Waals surface area contributed by atoms with Crippen molar-refractivity contribution in [1.82, 2.24) is 9.88 Å². The van der Waals surface area contributed by atoms with Gasteiger partial charge in [0.1, 0.15) is 5.82 Å². The number of hydrogen-bond donors (Lipinski definition) is 1. The molecule has 0 aliphatic carbocycles. The van der Waals surface area contributed by atoms with Crippen molar-refractivity contribution >= 4 is 5.82 Å². The number of rotatable bonds is 4. The van der Waals surface area contributed by atoms with Crippen LogP contribution in [0.2, 0.25) is 0 Å². The smallest absolute Gasteiger partial charge is 0.128 e. The fraction of sp³-hybridized carbons (Fsp3) is 0.353. The Balaban J connectivity index is 1.65. The summed E-state index contributed by atoms with van der Waals surface area (Å²) < 4.78 is 0. The molecular weight excluding hydrogens is 260 g/mol. The van der Waals surface area contributed by atoms with E-state index >= 15 is 0 Å². The average Bonchev–Trinajstić information content (AvgIpc) is 2.58. The van der Waals surface area contributed by atoms with Crippen molar-refractivity contribution in [2.24, 2.45) is 5.73 Å². The summed E-state index contributed by atoms with van der Waals surface area (Å²) in [5.74, 6) is 1.07. The van der Waals surface area contributed by atoms with E-state index in [-0.39, 0.29) is 0 Å². The van der Waals surface area contributed by atoms with Gasteiger partial charge in [0.25, 0.3) is 0 Å². The number of nitrogens with two attached hydrogens (primary N) is 1. The van der Waals surface area contributed by atoms with Crippen molar-refractivity contribution in [2.75, 3.05) is 37.6 Å². The summed E-state index contributed by atoms with van der Waals surface area (Å²) in [6.45, 7) is 4.70. The fourth-order valence-electron chi connectivity index (χ4n) is 2.97. The molecule has 110 valence electrons.